The molecule has 0 saturated heterocycles. The lowest BCUT2D eigenvalue weighted by Gasteiger charge is -2.32. The molecule has 0 amide bonds. The predicted octanol–water partition coefficient (Wildman–Crippen LogP) is 2.38. The summed E-state index contributed by atoms with van der Waals surface area (Å²) in [5, 5.41) is 5.87. The number of nitrogens with two attached hydrogens (primary N) is 1. The van der Waals surface area contributed by atoms with Crippen LogP contribution in [0.4, 0.5) is 5.82 Å². The molecule has 0 bridgehead atoms. The highest BCUT2D eigenvalue weighted by atomic mass is 15.0. The number of rotatable bonds is 3. The zero-order valence-corrected chi connectivity index (χ0v) is 9.76. The zero-order valence-electron chi connectivity index (χ0n) is 9.76. The number of benzene rings is 1. The molecular formula is C14H17N3. The van der Waals surface area contributed by atoms with Crippen molar-refractivity contribution in [3.63, 3.8) is 0 Å². The maximum atomic E-state index is 5.78. The summed E-state index contributed by atoms with van der Waals surface area (Å²) in [4.78, 5) is 4.41. The molecule has 0 atom stereocenters. The summed E-state index contributed by atoms with van der Waals surface area (Å²) in [5.74, 6) is 1.70. The van der Waals surface area contributed by atoms with Gasteiger partial charge in [0.1, 0.15) is 5.82 Å². The summed E-state index contributed by atoms with van der Waals surface area (Å²) in [6, 6.07) is 10.8. The van der Waals surface area contributed by atoms with E-state index in [2.05, 4.69) is 34.6 Å². The van der Waals surface area contributed by atoms with E-state index in [4.69, 9.17) is 5.73 Å². The van der Waals surface area contributed by atoms with Gasteiger partial charge in [0.15, 0.2) is 0 Å². The van der Waals surface area contributed by atoms with Crippen LogP contribution in [0.2, 0.25) is 0 Å². The second kappa shape index (κ2) is 4.34. The van der Waals surface area contributed by atoms with Gasteiger partial charge < -0.3 is 11.1 Å². The Kier molecular flexibility index (Phi) is 2.69. The molecule has 0 unspecified atom stereocenters. The quantitative estimate of drug-likeness (QED) is 0.846. The van der Waals surface area contributed by atoms with Gasteiger partial charge in [0.05, 0.1) is 0 Å². The molecule has 1 aromatic heterocycles. The molecule has 1 saturated carbocycles. The van der Waals surface area contributed by atoms with E-state index in [9.17, 15) is 0 Å². The first-order chi connectivity index (χ1) is 8.33. The van der Waals surface area contributed by atoms with Gasteiger partial charge in [-0.15, -0.1) is 0 Å². The molecule has 1 aliphatic carbocycles. The summed E-state index contributed by atoms with van der Waals surface area (Å²) in [7, 11) is 0. The Morgan fingerprint density at radius 2 is 2.06 bits per heavy atom. The molecule has 3 N–H and O–H groups in total. The van der Waals surface area contributed by atoms with Crippen molar-refractivity contribution in [3.05, 3.63) is 36.5 Å². The second-order valence-corrected chi connectivity index (χ2v) is 4.86. The third kappa shape index (κ3) is 2.11. The molecule has 0 radical (unpaired) electrons. The van der Waals surface area contributed by atoms with E-state index < -0.39 is 0 Å². The molecular weight excluding hydrogens is 210 g/mol. The number of fused-ring (bicyclic) bond motifs is 1. The first kappa shape index (κ1) is 10.5. The summed E-state index contributed by atoms with van der Waals surface area (Å²) < 4.78 is 0. The summed E-state index contributed by atoms with van der Waals surface area (Å²) in [6.07, 6.45) is 4.13. The number of pyridine rings is 1. The fourth-order valence-corrected chi connectivity index (χ4v) is 2.46. The fraction of sp³-hybridized carbons (Fsp3) is 0.357. The van der Waals surface area contributed by atoms with E-state index >= 15 is 0 Å². The lowest BCUT2D eigenvalue weighted by atomic mass is 9.81. The van der Waals surface area contributed by atoms with Crippen LogP contribution in [0, 0.1) is 5.92 Å². The molecule has 2 aromatic rings. The normalized spacial score (nSPS) is 23.4. The van der Waals surface area contributed by atoms with E-state index in [-0.39, 0.29) is 0 Å². The van der Waals surface area contributed by atoms with Crippen LogP contribution in [0.5, 0.6) is 0 Å². The molecule has 88 valence electrons. The fourth-order valence-electron chi connectivity index (χ4n) is 2.46. The maximum Gasteiger partial charge on any atom is 0.133 e. The average molecular weight is 227 g/mol. The van der Waals surface area contributed by atoms with Crippen molar-refractivity contribution in [2.24, 2.45) is 11.7 Å². The van der Waals surface area contributed by atoms with Gasteiger partial charge in [-0.1, -0.05) is 24.3 Å². The number of aromatic nitrogens is 1. The Morgan fingerprint density at radius 1 is 1.24 bits per heavy atom. The van der Waals surface area contributed by atoms with Crippen LogP contribution >= 0.6 is 0 Å². The van der Waals surface area contributed by atoms with Gasteiger partial charge >= 0.3 is 0 Å². The molecule has 3 heteroatoms. The Hall–Kier alpha value is -1.61. The topological polar surface area (TPSA) is 50.9 Å². The van der Waals surface area contributed by atoms with Crippen LogP contribution < -0.4 is 11.1 Å². The lowest BCUT2D eigenvalue weighted by molar-refractivity contribution is 0.280. The van der Waals surface area contributed by atoms with Crippen molar-refractivity contribution in [2.75, 3.05) is 11.9 Å². The Labute approximate surface area is 101 Å². The third-order valence-corrected chi connectivity index (χ3v) is 3.50. The van der Waals surface area contributed by atoms with Gasteiger partial charge in [-0.3, -0.25) is 0 Å². The van der Waals surface area contributed by atoms with E-state index in [1.54, 1.807) is 0 Å². The van der Waals surface area contributed by atoms with Crippen molar-refractivity contribution in [1.29, 1.82) is 0 Å². The minimum absolute atomic E-state index is 0.419. The van der Waals surface area contributed by atoms with Crippen LogP contribution in [0.3, 0.4) is 0 Å². The molecule has 1 aliphatic rings. The van der Waals surface area contributed by atoms with Gasteiger partial charge in [-0.2, -0.15) is 0 Å². The van der Waals surface area contributed by atoms with Crippen LogP contribution in [-0.2, 0) is 0 Å². The van der Waals surface area contributed by atoms with Gasteiger partial charge in [-0.25, -0.2) is 4.98 Å². The Morgan fingerprint density at radius 3 is 2.88 bits per heavy atom. The van der Waals surface area contributed by atoms with Crippen molar-refractivity contribution in [1.82, 2.24) is 4.98 Å². The van der Waals surface area contributed by atoms with Crippen LogP contribution in [0.1, 0.15) is 12.8 Å². The van der Waals surface area contributed by atoms with Gasteiger partial charge in [0.25, 0.3) is 0 Å². The minimum Gasteiger partial charge on any atom is -0.369 e. The first-order valence-electron chi connectivity index (χ1n) is 6.16. The number of anilines is 1. The summed E-state index contributed by atoms with van der Waals surface area (Å²) >= 11 is 0. The molecule has 3 nitrogen and oxygen atoms in total. The minimum atomic E-state index is 0.419. The Balaban J connectivity index is 1.76. The van der Waals surface area contributed by atoms with Gasteiger partial charge in [0.2, 0.25) is 0 Å². The molecule has 0 spiro atoms. The van der Waals surface area contributed by atoms with E-state index in [1.807, 2.05) is 12.3 Å². The van der Waals surface area contributed by atoms with Crippen LogP contribution in [-0.4, -0.2) is 17.6 Å². The SMILES string of the molecule is NC1CC(CNc2nccc3ccccc23)C1. The molecule has 0 aliphatic heterocycles. The molecule has 1 heterocycles. The maximum absolute atomic E-state index is 5.78. The number of nitrogens with zero attached hydrogens (tertiary/aromatic N) is 1. The van der Waals surface area contributed by atoms with Crippen LogP contribution in [0.15, 0.2) is 36.5 Å². The summed E-state index contributed by atoms with van der Waals surface area (Å²) in [5.41, 5.74) is 5.78. The van der Waals surface area contributed by atoms with E-state index in [1.165, 1.54) is 10.8 Å². The number of nitrogens with one attached hydrogen (secondary N) is 1. The number of hydrogen-bond donors (Lipinski definition) is 2. The smallest absolute Gasteiger partial charge is 0.133 e. The predicted molar refractivity (Wildman–Crippen MR) is 70.9 cm³/mol. The highest BCUT2D eigenvalue weighted by Crippen LogP contribution is 2.27. The molecule has 3 rings (SSSR count). The lowest BCUT2D eigenvalue weighted by Crippen LogP contribution is -2.39. The second-order valence-electron chi connectivity index (χ2n) is 4.86. The van der Waals surface area contributed by atoms with E-state index in [0.717, 1.165) is 25.2 Å². The third-order valence-electron chi connectivity index (χ3n) is 3.50. The molecule has 1 fully saturated rings. The van der Waals surface area contributed by atoms with Gasteiger partial charge in [0, 0.05) is 24.2 Å². The summed E-state index contributed by atoms with van der Waals surface area (Å²) in [6.45, 7) is 0.981. The highest BCUT2D eigenvalue weighted by Gasteiger charge is 2.25. The highest BCUT2D eigenvalue weighted by molar-refractivity contribution is 5.91. The van der Waals surface area contributed by atoms with Crippen molar-refractivity contribution >= 4 is 16.6 Å². The van der Waals surface area contributed by atoms with Crippen LogP contribution in [0.25, 0.3) is 10.8 Å². The van der Waals surface area contributed by atoms with Crippen molar-refractivity contribution < 1.29 is 0 Å². The average Bonchev–Trinajstić information content (AvgIpc) is 2.33. The molecule has 17 heavy (non-hydrogen) atoms. The standard InChI is InChI=1S/C14H17N3/c15-12-7-10(8-12)9-17-14-13-4-2-1-3-11(13)5-6-16-14/h1-6,10,12H,7-9,15H2,(H,16,17). The first-order valence-corrected chi connectivity index (χ1v) is 6.16. The largest absolute Gasteiger partial charge is 0.369 e. The van der Waals surface area contributed by atoms with Crippen molar-refractivity contribution in [2.45, 2.75) is 18.9 Å². The van der Waals surface area contributed by atoms with E-state index in [0.29, 0.717) is 12.0 Å². The number of hydrogen-bond acceptors (Lipinski definition) is 3. The monoisotopic (exact) mass is 227 g/mol. The Bertz CT molecular complexity index is 512. The van der Waals surface area contributed by atoms with Crippen molar-refractivity contribution in [3.8, 4) is 0 Å². The zero-order chi connectivity index (χ0) is 11.7. The molecule has 1 aromatic carbocycles. The van der Waals surface area contributed by atoms with Gasteiger partial charge in [-0.05, 0) is 30.2 Å².